The molecule has 0 aromatic rings. The van der Waals surface area contributed by atoms with Crippen LogP contribution in [0.2, 0.25) is 0 Å². The molecular formula is H5NaO5V. The molecule has 0 aliphatic carbocycles. The summed E-state index contributed by atoms with van der Waals surface area (Å²) in [5, 5.41) is 12.0. The molecule has 0 rings (SSSR count). The molecule has 4 N–H and O–H groups in total. The molecule has 0 aromatic carbocycles. The second kappa shape index (κ2) is 15.7. The van der Waals surface area contributed by atoms with Crippen LogP contribution >= 0.6 is 0 Å². The summed E-state index contributed by atoms with van der Waals surface area (Å²) in [5.74, 6) is 0. The Morgan fingerprint density at radius 2 is 1.29 bits per heavy atom. The third-order valence-electron chi connectivity index (χ3n) is 0. The van der Waals surface area contributed by atoms with Crippen molar-refractivity contribution in [2.75, 3.05) is 0 Å². The molecule has 0 spiro atoms. The predicted octanol–water partition coefficient (Wildman–Crippen LogP) is -4.10. The number of hydrogen-bond donors (Lipinski definition) is 4. The van der Waals surface area contributed by atoms with Crippen LogP contribution in [0, 0.1) is 0 Å². The molecular weight excluding hydrogens is 154 g/mol. The van der Waals surface area contributed by atoms with Crippen molar-refractivity contribution in [1.82, 2.24) is 0 Å². The van der Waals surface area contributed by atoms with E-state index in [1.807, 2.05) is 0 Å². The van der Waals surface area contributed by atoms with Crippen molar-refractivity contribution in [2.45, 2.75) is 0 Å². The van der Waals surface area contributed by atoms with Gasteiger partial charge in [-0.2, -0.15) is 0 Å². The van der Waals surface area contributed by atoms with Gasteiger partial charge < -0.3 is 1.43 Å². The Morgan fingerprint density at radius 1 is 1.29 bits per heavy atom. The molecule has 0 amide bonds. The third kappa shape index (κ3) is 132. The van der Waals surface area contributed by atoms with E-state index in [9.17, 15) is 0 Å². The van der Waals surface area contributed by atoms with Crippen molar-refractivity contribution in [3.05, 3.63) is 0 Å². The summed E-state index contributed by atoms with van der Waals surface area (Å²) in [6.45, 7) is 0. The minimum atomic E-state index is -3.44. The average Bonchev–Trinajstić information content (AvgIpc) is 1.41. The zero-order valence-electron chi connectivity index (χ0n) is 4.64. The number of rotatable bonds is 0. The van der Waals surface area contributed by atoms with Gasteiger partial charge in [-0.3, -0.25) is 10.5 Å². The molecule has 0 radical (unpaired) electrons. The van der Waals surface area contributed by atoms with Gasteiger partial charge in [0.05, 0.1) is 0 Å². The summed E-state index contributed by atoms with van der Waals surface area (Å²) in [7, 11) is 0. The molecule has 0 bridgehead atoms. The summed E-state index contributed by atoms with van der Waals surface area (Å²) < 4.78 is 23.2. The summed E-state index contributed by atoms with van der Waals surface area (Å²) in [6, 6.07) is 0. The second-order valence-electron chi connectivity index (χ2n) is 0.253. The molecule has 0 fully saturated rings. The predicted molar refractivity (Wildman–Crippen MR) is 11.5 cm³/mol. The Balaban J connectivity index is -0.0000000183. The topological polar surface area (TPSA) is 98.0 Å². The molecule has 0 aliphatic rings. The quantitative estimate of drug-likeness (QED) is 0.163. The first-order valence-electron chi connectivity index (χ1n) is 0.783. The van der Waals surface area contributed by atoms with Gasteiger partial charge in [-0.05, 0) is 0 Å². The van der Waals surface area contributed by atoms with Crippen molar-refractivity contribution in [2.24, 2.45) is 0 Å². The van der Waals surface area contributed by atoms with Gasteiger partial charge in [-0.1, -0.05) is 0 Å². The Kier molecular flexibility index (Phi) is 35.2. The molecule has 0 heterocycles. The Morgan fingerprint density at radius 3 is 1.29 bits per heavy atom. The van der Waals surface area contributed by atoms with Gasteiger partial charge in [0.15, 0.2) is 0 Å². The van der Waals surface area contributed by atoms with Crippen LogP contribution in [0.25, 0.3) is 0 Å². The minimum absolute atomic E-state index is 0. The van der Waals surface area contributed by atoms with Gasteiger partial charge in [-0.15, -0.1) is 0 Å². The Bertz CT molecular complexity index is 35.4. The van der Waals surface area contributed by atoms with Gasteiger partial charge >= 0.3 is 57.1 Å². The van der Waals surface area contributed by atoms with Crippen molar-refractivity contribution >= 4 is 0 Å². The van der Waals surface area contributed by atoms with Crippen molar-refractivity contribution in [3.63, 3.8) is 0 Å². The first-order chi connectivity index (χ1) is 2.73. The zero-order chi connectivity index (χ0) is 5.58. The molecule has 5 nitrogen and oxygen atoms in total. The third-order valence-corrected chi connectivity index (χ3v) is 0. The van der Waals surface area contributed by atoms with Crippen LogP contribution in [0.15, 0.2) is 0 Å². The fourth-order valence-corrected chi connectivity index (χ4v) is 0. The molecule has 0 unspecified atom stereocenters. The average molecular weight is 159 g/mol. The molecule has 0 aromatic heterocycles. The van der Waals surface area contributed by atoms with E-state index in [-0.39, 0.29) is 31.0 Å². The van der Waals surface area contributed by atoms with Gasteiger partial charge in [0.1, 0.15) is 0 Å². The fraction of sp³-hybridized carbons (Fsp3) is 0. The maximum atomic E-state index is 8.78. The van der Waals surface area contributed by atoms with Crippen molar-refractivity contribution in [1.29, 1.82) is 0 Å². The standard InChI is InChI=1S/Na.H2O2.2H2O.O.V.H/c;1-2;;;;;/h;1-2H;2*1H2;;;/q+1;;;;;+2;-1/p-2. The van der Waals surface area contributed by atoms with E-state index >= 15 is 0 Å². The van der Waals surface area contributed by atoms with Crippen LogP contribution in [0.5, 0.6) is 0 Å². The first-order valence-corrected chi connectivity index (χ1v) is 2.60. The van der Waals surface area contributed by atoms with E-state index in [1.165, 1.54) is 0 Å². The van der Waals surface area contributed by atoms with Crippen LogP contribution < -0.4 is 29.6 Å². The van der Waals surface area contributed by atoms with Crippen molar-refractivity contribution < 1.29 is 69.0 Å². The van der Waals surface area contributed by atoms with Crippen LogP contribution in [0.4, 0.5) is 0 Å². The summed E-state index contributed by atoms with van der Waals surface area (Å²) in [5.41, 5.74) is 0. The summed E-state index contributed by atoms with van der Waals surface area (Å²) in [4.78, 5) is 0. The number of hydrogen-bond acceptors (Lipinski definition) is 3. The second-order valence-corrected chi connectivity index (χ2v) is 1.04. The first kappa shape index (κ1) is 15.7. The molecule has 0 aliphatic heterocycles. The van der Waals surface area contributed by atoms with E-state index in [2.05, 4.69) is 0 Å². The van der Waals surface area contributed by atoms with Gasteiger partial charge in [-0.25, -0.2) is 0 Å². The van der Waals surface area contributed by atoms with Crippen LogP contribution in [0.3, 0.4) is 0 Å². The van der Waals surface area contributed by atoms with E-state index in [1.54, 1.807) is 0 Å². The van der Waals surface area contributed by atoms with Gasteiger partial charge in [0.2, 0.25) is 0 Å². The van der Waals surface area contributed by atoms with E-state index in [0.29, 0.717) is 0 Å². The van der Waals surface area contributed by atoms with Crippen LogP contribution in [0.1, 0.15) is 1.43 Å². The van der Waals surface area contributed by atoms with Crippen LogP contribution in [-0.2, 0) is 19.5 Å². The molecule has 7 heavy (non-hydrogen) atoms. The monoisotopic (exact) mass is 159 g/mol. The van der Waals surface area contributed by atoms with Gasteiger partial charge in [0, 0.05) is 0 Å². The SMILES string of the molecule is OO.[H-].[Na+].[O]=[V]([OH])[OH]. The molecule has 0 atom stereocenters. The van der Waals surface area contributed by atoms with Gasteiger partial charge in [0.25, 0.3) is 0 Å². The normalized spacial score (nSPS) is 4.57. The summed E-state index contributed by atoms with van der Waals surface area (Å²) in [6.07, 6.45) is 0. The Labute approximate surface area is 68.8 Å². The molecule has 41 valence electrons. The summed E-state index contributed by atoms with van der Waals surface area (Å²) >= 11 is -3.44. The Hall–Kier alpha value is 1.22. The van der Waals surface area contributed by atoms with Crippen LogP contribution in [-0.4, -0.2) is 18.6 Å². The van der Waals surface area contributed by atoms with E-state index in [0.717, 1.165) is 0 Å². The van der Waals surface area contributed by atoms with Crippen molar-refractivity contribution in [3.8, 4) is 0 Å². The zero-order valence-corrected chi connectivity index (χ0v) is 7.04. The van der Waals surface area contributed by atoms with E-state index in [4.69, 9.17) is 22.3 Å². The molecule has 0 saturated carbocycles. The molecule has 0 saturated heterocycles. The maximum absolute atomic E-state index is 8.78. The van der Waals surface area contributed by atoms with E-state index < -0.39 is 15.8 Å². The fourth-order valence-electron chi connectivity index (χ4n) is 0. The molecule has 7 heteroatoms.